The van der Waals surface area contributed by atoms with Gasteiger partial charge in [-0.1, -0.05) is 54.1 Å². The summed E-state index contributed by atoms with van der Waals surface area (Å²) in [6.45, 7) is 1.75. The molecule has 4 aromatic rings. The van der Waals surface area contributed by atoms with E-state index in [1.165, 1.54) is 0 Å². The lowest BCUT2D eigenvalue weighted by Crippen LogP contribution is -2.21. The van der Waals surface area contributed by atoms with E-state index in [0.717, 1.165) is 27.4 Å². The summed E-state index contributed by atoms with van der Waals surface area (Å²) in [5, 5.41) is 11.9. The number of fused-ring (bicyclic) bond motifs is 3. The Bertz CT molecular complexity index is 1290. The Balaban J connectivity index is 1.36. The van der Waals surface area contributed by atoms with Crippen LogP contribution in [0.1, 0.15) is 34.8 Å². The first-order valence-corrected chi connectivity index (χ1v) is 11.1. The Morgan fingerprint density at radius 3 is 1.97 bits per heavy atom. The summed E-state index contributed by atoms with van der Waals surface area (Å²) in [6, 6.07) is 21.3. The number of nitrogens with zero attached hydrogens (tertiary/aromatic N) is 1. The zero-order valence-corrected chi connectivity index (χ0v) is 18.8. The molecular weight excluding hydrogens is 434 g/mol. The largest absolute Gasteiger partial charge is 0.480 e. The highest BCUT2D eigenvalue weighted by molar-refractivity contribution is 6.08. The number of ether oxygens (including phenoxy) is 2. The highest BCUT2D eigenvalue weighted by Gasteiger charge is 2.25. The first-order valence-electron chi connectivity index (χ1n) is 11.1. The van der Waals surface area contributed by atoms with Crippen molar-refractivity contribution >= 4 is 39.7 Å². The molecule has 7 nitrogen and oxygen atoms in total. The maximum Gasteiger partial charge on any atom is 0.338 e. The predicted molar refractivity (Wildman–Crippen MR) is 128 cm³/mol. The fourth-order valence-electron chi connectivity index (χ4n) is 4.04. The maximum absolute atomic E-state index is 12.3. The van der Waals surface area contributed by atoms with Gasteiger partial charge in [0.05, 0.1) is 5.56 Å². The Morgan fingerprint density at radius 1 is 0.824 bits per heavy atom. The Labute approximate surface area is 196 Å². The predicted octanol–water partition coefficient (Wildman–Crippen LogP) is 4.91. The van der Waals surface area contributed by atoms with Crippen LogP contribution in [0.5, 0.6) is 0 Å². The lowest BCUT2D eigenvalue weighted by molar-refractivity contribution is -0.146. The fraction of sp³-hybridized carbons (Fsp3) is 0.222. The van der Waals surface area contributed by atoms with E-state index >= 15 is 0 Å². The van der Waals surface area contributed by atoms with Gasteiger partial charge in [0.25, 0.3) is 0 Å². The molecule has 0 radical (unpaired) electrons. The molecule has 0 spiro atoms. The van der Waals surface area contributed by atoms with Gasteiger partial charge in [-0.15, -0.1) is 0 Å². The number of carboxylic acids is 1. The third-order valence-corrected chi connectivity index (χ3v) is 5.70. The highest BCUT2D eigenvalue weighted by Crippen LogP contribution is 2.33. The van der Waals surface area contributed by atoms with Crippen LogP contribution < -0.4 is 0 Å². The number of hydrogen-bond donors (Lipinski definition) is 1. The van der Waals surface area contributed by atoms with E-state index in [0.29, 0.717) is 5.56 Å². The molecule has 0 saturated heterocycles. The van der Waals surface area contributed by atoms with E-state index in [-0.39, 0.29) is 26.1 Å². The number of carboxylic acid groups (broad SMARTS) is 1. The van der Waals surface area contributed by atoms with Gasteiger partial charge in [0.2, 0.25) is 0 Å². The molecule has 34 heavy (non-hydrogen) atoms. The minimum Gasteiger partial charge on any atom is -0.480 e. The van der Waals surface area contributed by atoms with E-state index < -0.39 is 23.9 Å². The summed E-state index contributed by atoms with van der Waals surface area (Å²) in [7, 11) is 0. The molecule has 7 heteroatoms. The molecule has 1 atom stereocenters. The molecule has 0 bridgehead atoms. The van der Waals surface area contributed by atoms with Crippen LogP contribution in [0.4, 0.5) is 0 Å². The third-order valence-electron chi connectivity index (χ3n) is 5.70. The quantitative estimate of drug-likeness (QED) is 0.282. The van der Waals surface area contributed by atoms with Crippen molar-refractivity contribution in [2.24, 2.45) is 0 Å². The van der Waals surface area contributed by atoms with Crippen molar-refractivity contribution in [1.82, 2.24) is 4.57 Å². The lowest BCUT2D eigenvalue weighted by Gasteiger charge is -2.17. The summed E-state index contributed by atoms with van der Waals surface area (Å²) in [5.74, 6) is -2.06. The molecule has 1 heterocycles. The number of esters is 2. The summed E-state index contributed by atoms with van der Waals surface area (Å²) >= 11 is 0. The summed E-state index contributed by atoms with van der Waals surface area (Å²) < 4.78 is 12.0. The smallest absolute Gasteiger partial charge is 0.338 e. The van der Waals surface area contributed by atoms with Crippen molar-refractivity contribution in [3.63, 3.8) is 0 Å². The Morgan fingerprint density at radius 2 is 1.38 bits per heavy atom. The van der Waals surface area contributed by atoms with E-state index in [1.54, 1.807) is 16.7 Å². The average Bonchev–Trinajstić information content (AvgIpc) is 3.17. The molecule has 4 rings (SSSR count). The second-order valence-electron chi connectivity index (χ2n) is 8.02. The Kier molecular flexibility index (Phi) is 6.92. The fourth-order valence-corrected chi connectivity index (χ4v) is 4.04. The molecule has 0 aliphatic heterocycles. The molecular formula is C27H25NO6. The van der Waals surface area contributed by atoms with Crippen LogP contribution in [0.2, 0.25) is 0 Å². The van der Waals surface area contributed by atoms with Crippen molar-refractivity contribution in [1.29, 1.82) is 0 Å². The van der Waals surface area contributed by atoms with Crippen molar-refractivity contribution in [3.05, 3.63) is 83.9 Å². The summed E-state index contributed by atoms with van der Waals surface area (Å²) in [4.78, 5) is 36.4. The number of carbonyl (C=O) groups is 3. The van der Waals surface area contributed by atoms with Gasteiger partial charge in [-0.05, 0) is 37.6 Å². The topological polar surface area (TPSA) is 94.8 Å². The lowest BCUT2D eigenvalue weighted by atomic mass is 10.1. The van der Waals surface area contributed by atoms with Crippen LogP contribution in [0.15, 0.2) is 72.8 Å². The third kappa shape index (κ3) is 4.93. The second-order valence-corrected chi connectivity index (χ2v) is 8.02. The minimum atomic E-state index is -1.02. The molecule has 3 aromatic carbocycles. The number of aromatic nitrogens is 1. The number of para-hydroxylation sites is 2. The molecule has 0 aliphatic carbocycles. The van der Waals surface area contributed by atoms with E-state index in [1.807, 2.05) is 67.6 Å². The van der Waals surface area contributed by atoms with E-state index in [2.05, 4.69) is 0 Å². The van der Waals surface area contributed by atoms with Gasteiger partial charge >= 0.3 is 17.9 Å². The van der Waals surface area contributed by atoms with E-state index in [4.69, 9.17) is 9.47 Å². The SMILES string of the molecule is Cc1ccc(C(=O)OCCOC(=O)CCC(C(=O)O)n2c3ccccc3c3ccccc32)cc1. The van der Waals surface area contributed by atoms with Crippen molar-refractivity contribution in [3.8, 4) is 0 Å². The zero-order valence-electron chi connectivity index (χ0n) is 18.8. The Hall–Kier alpha value is -4.13. The normalized spacial score (nSPS) is 11.9. The van der Waals surface area contributed by atoms with Crippen molar-refractivity contribution < 1.29 is 29.0 Å². The average molecular weight is 459 g/mol. The summed E-state index contributed by atoms with van der Waals surface area (Å²) in [6.07, 6.45) is -0.0102. The van der Waals surface area contributed by atoms with Gasteiger partial charge in [0, 0.05) is 28.2 Å². The second kappa shape index (κ2) is 10.2. The molecule has 1 unspecified atom stereocenters. The van der Waals surface area contributed by atoms with Crippen LogP contribution >= 0.6 is 0 Å². The van der Waals surface area contributed by atoms with E-state index in [9.17, 15) is 19.5 Å². The van der Waals surface area contributed by atoms with Gasteiger partial charge in [-0.3, -0.25) is 4.79 Å². The van der Waals surface area contributed by atoms with Crippen LogP contribution in [0, 0.1) is 6.92 Å². The van der Waals surface area contributed by atoms with Gasteiger partial charge in [0.1, 0.15) is 19.3 Å². The van der Waals surface area contributed by atoms with Crippen LogP contribution in [-0.2, 0) is 19.1 Å². The zero-order chi connectivity index (χ0) is 24.1. The van der Waals surface area contributed by atoms with Crippen LogP contribution in [0.3, 0.4) is 0 Å². The molecule has 0 saturated carbocycles. The number of benzene rings is 3. The number of aryl methyl sites for hydroxylation is 1. The van der Waals surface area contributed by atoms with Gasteiger partial charge < -0.3 is 19.1 Å². The van der Waals surface area contributed by atoms with Gasteiger partial charge in [-0.2, -0.15) is 0 Å². The van der Waals surface area contributed by atoms with Crippen molar-refractivity contribution in [2.75, 3.05) is 13.2 Å². The first kappa shape index (κ1) is 23.0. The number of hydrogen-bond acceptors (Lipinski definition) is 5. The standard InChI is InChI=1S/C27H25NO6/c1-18-10-12-19(13-11-18)27(32)34-17-16-33-25(29)15-14-24(26(30)31)28-22-8-4-2-6-20(22)21-7-3-5-9-23(21)28/h2-13,24H,14-17H2,1H3,(H,30,31). The molecule has 0 aliphatic rings. The molecule has 1 N–H and O–H groups in total. The monoisotopic (exact) mass is 459 g/mol. The number of aliphatic carboxylic acids is 1. The first-order chi connectivity index (χ1) is 16.5. The minimum absolute atomic E-state index is 0.0694. The van der Waals surface area contributed by atoms with Gasteiger partial charge in [-0.25, -0.2) is 9.59 Å². The van der Waals surface area contributed by atoms with Crippen molar-refractivity contribution in [2.45, 2.75) is 25.8 Å². The van der Waals surface area contributed by atoms with Gasteiger partial charge in [0.15, 0.2) is 0 Å². The molecule has 1 aromatic heterocycles. The highest BCUT2D eigenvalue weighted by atomic mass is 16.6. The number of carbonyl (C=O) groups excluding carboxylic acids is 2. The maximum atomic E-state index is 12.3. The molecule has 174 valence electrons. The summed E-state index contributed by atoms with van der Waals surface area (Å²) in [5.41, 5.74) is 3.05. The van der Waals surface area contributed by atoms with Crippen LogP contribution in [0.25, 0.3) is 21.8 Å². The molecule has 0 fully saturated rings. The number of rotatable bonds is 9. The molecule has 0 amide bonds. The van der Waals surface area contributed by atoms with Crippen LogP contribution in [-0.4, -0.2) is 40.8 Å².